The number of anilines is 1. The molecule has 2 atom stereocenters. The first-order valence-corrected chi connectivity index (χ1v) is 13.4. The predicted molar refractivity (Wildman–Crippen MR) is 121 cm³/mol. The van der Waals surface area contributed by atoms with Crippen molar-refractivity contribution < 1.29 is 27.0 Å². The van der Waals surface area contributed by atoms with Gasteiger partial charge in [0.25, 0.3) is 0 Å². The van der Waals surface area contributed by atoms with Crippen LogP contribution in [0.3, 0.4) is 0 Å². The minimum Gasteiger partial charge on any atom is -0.395 e. The second kappa shape index (κ2) is 10.6. The van der Waals surface area contributed by atoms with Gasteiger partial charge in [0.05, 0.1) is 18.3 Å². The highest BCUT2D eigenvalue weighted by Crippen LogP contribution is 2.39. The molecule has 15 nitrogen and oxygen atoms in total. The summed E-state index contributed by atoms with van der Waals surface area (Å²) in [6.07, 6.45) is 0.0724. The summed E-state index contributed by atoms with van der Waals surface area (Å²) in [6.45, 7) is 0.141. The molecule has 1 saturated heterocycles. The molecule has 1 aromatic carbocycles. The molecule has 17 heteroatoms. The van der Waals surface area contributed by atoms with Crippen LogP contribution >= 0.6 is 0 Å². The Bertz CT molecular complexity index is 1180. The standard InChI is InChI=1S/C17H29N9O6S2/c18-7-11(28)8-21-34(31,32)14-2-1-13(26-5-3-10(4-6-26)12(19)9-27)15(16(14)33(20,29)30)17-22-24-25-23-17/h1-2,10-12,21,27-28H,3-9,18-19H2,(H2,20,29,30)(H,22,23,24,25)/t11?,12-/m1/s1. The van der Waals surface area contributed by atoms with Gasteiger partial charge >= 0.3 is 0 Å². The third kappa shape index (κ3) is 5.69. The van der Waals surface area contributed by atoms with Crippen molar-refractivity contribution in [2.75, 3.05) is 37.7 Å². The molecule has 0 radical (unpaired) electrons. The summed E-state index contributed by atoms with van der Waals surface area (Å²) < 4.78 is 53.5. The van der Waals surface area contributed by atoms with Crippen molar-refractivity contribution in [2.45, 2.75) is 34.8 Å². The number of aliphatic hydroxyl groups is 2. The normalized spacial score (nSPS) is 17.6. The summed E-state index contributed by atoms with van der Waals surface area (Å²) in [5, 5.41) is 37.9. The van der Waals surface area contributed by atoms with Crippen LogP contribution in [0.1, 0.15) is 12.8 Å². The first-order chi connectivity index (χ1) is 16.0. The first kappa shape index (κ1) is 26.4. The largest absolute Gasteiger partial charge is 0.395 e. The number of nitrogens with two attached hydrogens (primary N) is 3. The van der Waals surface area contributed by atoms with Crippen LogP contribution in [-0.2, 0) is 20.0 Å². The van der Waals surface area contributed by atoms with E-state index in [0.717, 1.165) is 6.07 Å². The number of hydrogen-bond donors (Lipinski definition) is 7. The molecule has 2 aromatic rings. The Balaban J connectivity index is 2.13. The maximum atomic E-state index is 13.0. The maximum Gasteiger partial charge on any atom is 0.242 e. The summed E-state index contributed by atoms with van der Waals surface area (Å²) >= 11 is 0. The van der Waals surface area contributed by atoms with Crippen molar-refractivity contribution in [3.8, 4) is 11.4 Å². The monoisotopic (exact) mass is 519 g/mol. The molecular formula is C17H29N9O6S2. The minimum atomic E-state index is -4.61. The minimum absolute atomic E-state index is 0.0745. The molecule has 0 bridgehead atoms. The Morgan fingerprint density at radius 1 is 1.24 bits per heavy atom. The molecule has 190 valence electrons. The Hall–Kier alpha value is -2.25. The first-order valence-electron chi connectivity index (χ1n) is 10.4. The summed E-state index contributed by atoms with van der Waals surface area (Å²) in [5.74, 6) is -0.0855. The number of aromatic amines is 1. The van der Waals surface area contributed by atoms with Crippen LogP contribution in [0.4, 0.5) is 5.69 Å². The van der Waals surface area contributed by atoms with Crippen LogP contribution in [0.2, 0.25) is 0 Å². The highest BCUT2D eigenvalue weighted by Gasteiger charge is 2.34. The number of nitrogens with one attached hydrogen (secondary N) is 2. The van der Waals surface area contributed by atoms with Gasteiger partial charge < -0.3 is 26.6 Å². The van der Waals surface area contributed by atoms with E-state index in [2.05, 4.69) is 25.3 Å². The predicted octanol–water partition coefficient (Wildman–Crippen LogP) is -3.35. The smallest absolute Gasteiger partial charge is 0.242 e. The maximum absolute atomic E-state index is 13.0. The number of benzene rings is 1. The summed E-state index contributed by atoms with van der Waals surface area (Å²) in [6, 6.07) is 2.20. The van der Waals surface area contributed by atoms with Gasteiger partial charge in [-0.2, -0.15) is 5.21 Å². The number of sulfonamides is 2. The second-order valence-electron chi connectivity index (χ2n) is 7.98. The molecule has 0 spiro atoms. The van der Waals surface area contributed by atoms with Crippen molar-refractivity contribution in [2.24, 2.45) is 22.5 Å². The van der Waals surface area contributed by atoms with E-state index < -0.39 is 42.5 Å². The zero-order valence-electron chi connectivity index (χ0n) is 18.2. The van der Waals surface area contributed by atoms with E-state index in [-0.39, 0.29) is 36.5 Å². The molecule has 0 amide bonds. The number of primary sulfonamides is 1. The molecule has 34 heavy (non-hydrogen) atoms. The van der Waals surface area contributed by atoms with Gasteiger partial charge in [-0.15, -0.1) is 10.2 Å². The second-order valence-corrected chi connectivity index (χ2v) is 11.2. The zero-order chi connectivity index (χ0) is 25.1. The highest BCUT2D eigenvalue weighted by molar-refractivity contribution is 7.92. The number of aromatic nitrogens is 4. The Morgan fingerprint density at radius 3 is 2.44 bits per heavy atom. The third-order valence-corrected chi connectivity index (χ3v) is 8.31. The lowest BCUT2D eigenvalue weighted by Gasteiger charge is -2.36. The number of nitrogens with zero attached hydrogens (tertiary/aromatic N) is 4. The van der Waals surface area contributed by atoms with Gasteiger partial charge in [-0.05, 0) is 36.1 Å². The lowest BCUT2D eigenvalue weighted by atomic mass is 9.90. The van der Waals surface area contributed by atoms with E-state index >= 15 is 0 Å². The molecule has 0 aliphatic carbocycles. The van der Waals surface area contributed by atoms with Crippen LogP contribution in [-0.4, -0.2) is 92.6 Å². The fraction of sp³-hybridized carbons (Fsp3) is 0.588. The zero-order valence-corrected chi connectivity index (χ0v) is 19.8. The average molecular weight is 520 g/mol. The van der Waals surface area contributed by atoms with Crippen molar-refractivity contribution in [1.82, 2.24) is 25.3 Å². The number of rotatable bonds is 10. The van der Waals surface area contributed by atoms with Gasteiger partial charge in [-0.25, -0.2) is 26.7 Å². The van der Waals surface area contributed by atoms with Crippen LogP contribution in [0.15, 0.2) is 21.9 Å². The van der Waals surface area contributed by atoms with E-state index in [9.17, 15) is 27.0 Å². The van der Waals surface area contributed by atoms with E-state index in [4.69, 9.17) is 16.6 Å². The van der Waals surface area contributed by atoms with E-state index in [1.807, 2.05) is 4.90 Å². The van der Waals surface area contributed by atoms with Crippen LogP contribution < -0.4 is 26.2 Å². The number of H-pyrrole nitrogens is 1. The molecule has 1 aliphatic heterocycles. The molecule has 0 saturated carbocycles. The van der Waals surface area contributed by atoms with Gasteiger partial charge in [0, 0.05) is 37.9 Å². The fourth-order valence-electron chi connectivity index (χ4n) is 3.88. The number of tetrazole rings is 1. The summed E-state index contributed by atoms with van der Waals surface area (Å²) in [7, 11) is -9.05. The van der Waals surface area contributed by atoms with Gasteiger partial charge in [0.15, 0.2) is 0 Å². The van der Waals surface area contributed by atoms with Crippen molar-refractivity contribution in [3.05, 3.63) is 12.1 Å². The molecule has 1 aliphatic rings. The Morgan fingerprint density at radius 2 is 1.91 bits per heavy atom. The number of piperidine rings is 1. The van der Waals surface area contributed by atoms with Gasteiger partial charge in [0.1, 0.15) is 9.79 Å². The summed E-state index contributed by atoms with van der Waals surface area (Å²) in [4.78, 5) is 0.526. The fourth-order valence-corrected chi connectivity index (χ4v) is 6.55. The lowest BCUT2D eigenvalue weighted by Crippen LogP contribution is -2.43. The van der Waals surface area contributed by atoms with Crippen LogP contribution in [0, 0.1) is 5.92 Å². The number of aliphatic hydroxyl groups excluding tert-OH is 2. The third-order valence-electron chi connectivity index (χ3n) is 5.72. The van der Waals surface area contributed by atoms with Gasteiger partial charge in [-0.1, -0.05) is 0 Å². The van der Waals surface area contributed by atoms with E-state index in [0.29, 0.717) is 31.6 Å². The molecular weight excluding hydrogens is 490 g/mol. The Kier molecular flexibility index (Phi) is 8.19. The van der Waals surface area contributed by atoms with Crippen molar-refractivity contribution in [3.63, 3.8) is 0 Å². The molecule has 1 aromatic heterocycles. The average Bonchev–Trinajstić information content (AvgIpc) is 3.35. The molecule has 1 unspecified atom stereocenters. The van der Waals surface area contributed by atoms with Gasteiger partial charge in [-0.3, -0.25) is 0 Å². The van der Waals surface area contributed by atoms with Crippen molar-refractivity contribution >= 4 is 25.7 Å². The van der Waals surface area contributed by atoms with Gasteiger partial charge in [0.2, 0.25) is 25.9 Å². The lowest BCUT2D eigenvalue weighted by molar-refractivity contribution is 0.186. The highest BCUT2D eigenvalue weighted by atomic mass is 32.2. The van der Waals surface area contributed by atoms with E-state index in [1.165, 1.54) is 6.07 Å². The SMILES string of the molecule is NCC(O)CNS(=O)(=O)c1ccc(N2CCC([C@H](N)CO)CC2)c(-c2nn[nH]n2)c1S(N)(=O)=O. The quantitative estimate of drug-likeness (QED) is 0.162. The topological polar surface area (TPSA) is 257 Å². The van der Waals surface area contributed by atoms with Crippen molar-refractivity contribution in [1.29, 1.82) is 0 Å². The molecule has 2 heterocycles. The van der Waals surface area contributed by atoms with Crippen LogP contribution in [0.25, 0.3) is 11.4 Å². The van der Waals surface area contributed by atoms with Crippen LogP contribution in [0.5, 0.6) is 0 Å². The Labute approximate surface area is 196 Å². The molecule has 10 N–H and O–H groups in total. The molecule has 1 fully saturated rings. The molecule has 3 rings (SSSR count). The van der Waals surface area contributed by atoms with E-state index in [1.54, 1.807) is 0 Å². The summed E-state index contributed by atoms with van der Waals surface area (Å²) in [5.41, 5.74) is 11.5. The number of hydrogen-bond acceptors (Lipinski definition) is 12.